The van der Waals surface area contributed by atoms with Gasteiger partial charge in [0.2, 0.25) is 5.60 Å². The van der Waals surface area contributed by atoms with Gasteiger partial charge in [-0.25, -0.2) is 4.79 Å². The molecule has 0 radical (unpaired) electrons. The van der Waals surface area contributed by atoms with E-state index in [4.69, 9.17) is 9.47 Å². The first kappa shape index (κ1) is 18.1. The first-order valence-electron chi connectivity index (χ1n) is 10.4. The Balaban J connectivity index is 1.67. The summed E-state index contributed by atoms with van der Waals surface area (Å²) in [5.41, 5.74) is 0.666. The summed E-state index contributed by atoms with van der Waals surface area (Å²) in [4.78, 5) is 13.7. The maximum Gasteiger partial charge on any atom is 0.347 e. The van der Waals surface area contributed by atoms with E-state index < -0.39 is 11.2 Å². The van der Waals surface area contributed by atoms with E-state index in [-0.39, 0.29) is 12.1 Å². The van der Waals surface area contributed by atoms with Crippen molar-refractivity contribution < 1.29 is 14.3 Å². The molecule has 0 aromatic heterocycles. The molecule has 0 amide bonds. The maximum absolute atomic E-state index is 13.7. The molecule has 0 bridgehead atoms. The lowest BCUT2D eigenvalue weighted by Crippen LogP contribution is -2.35. The van der Waals surface area contributed by atoms with Gasteiger partial charge < -0.3 is 9.47 Å². The van der Waals surface area contributed by atoms with Crippen molar-refractivity contribution in [3.63, 3.8) is 0 Å². The van der Waals surface area contributed by atoms with Crippen molar-refractivity contribution in [1.82, 2.24) is 0 Å². The Labute approximate surface area is 171 Å². The molecular formula is C26H24O3. The van der Waals surface area contributed by atoms with Gasteiger partial charge >= 0.3 is 5.97 Å². The second kappa shape index (κ2) is 7.16. The van der Waals surface area contributed by atoms with Crippen LogP contribution in [0.3, 0.4) is 0 Å². The van der Waals surface area contributed by atoms with Crippen molar-refractivity contribution >= 4 is 5.97 Å². The zero-order chi connectivity index (χ0) is 19.7. The number of benzene rings is 3. The highest BCUT2D eigenvalue weighted by atomic mass is 16.7. The third-order valence-corrected chi connectivity index (χ3v) is 6.16. The highest BCUT2D eigenvalue weighted by Crippen LogP contribution is 2.66. The topological polar surface area (TPSA) is 38.8 Å². The van der Waals surface area contributed by atoms with Crippen LogP contribution in [0.15, 0.2) is 91.0 Å². The van der Waals surface area contributed by atoms with E-state index in [1.807, 2.05) is 91.0 Å². The summed E-state index contributed by atoms with van der Waals surface area (Å²) in [5.74, 6) is -0.289. The molecule has 1 saturated carbocycles. The van der Waals surface area contributed by atoms with E-state index in [0.717, 1.165) is 42.4 Å². The summed E-state index contributed by atoms with van der Waals surface area (Å²) in [6, 6.07) is 29.8. The van der Waals surface area contributed by atoms with Gasteiger partial charge in [-0.05, 0) is 42.4 Å². The van der Waals surface area contributed by atoms with Crippen molar-refractivity contribution in [2.75, 3.05) is 0 Å². The Morgan fingerprint density at radius 1 is 0.724 bits per heavy atom. The smallest absolute Gasteiger partial charge is 0.347 e. The van der Waals surface area contributed by atoms with Crippen LogP contribution in [0.5, 0.6) is 0 Å². The number of hydrogen-bond acceptors (Lipinski definition) is 3. The number of hydrogen-bond donors (Lipinski definition) is 0. The Morgan fingerprint density at radius 2 is 1.17 bits per heavy atom. The molecule has 1 saturated heterocycles. The molecule has 1 heterocycles. The molecule has 0 N–H and O–H groups in total. The Bertz CT molecular complexity index is 939. The summed E-state index contributed by atoms with van der Waals surface area (Å²) in [6.45, 7) is 0. The molecule has 0 spiro atoms. The molecule has 2 fully saturated rings. The maximum atomic E-state index is 13.7. The van der Waals surface area contributed by atoms with Crippen LogP contribution in [-0.2, 0) is 25.5 Å². The number of rotatable bonds is 5. The summed E-state index contributed by atoms with van der Waals surface area (Å²) in [6.07, 6.45) is 4.07. The first-order valence-corrected chi connectivity index (χ1v) is 10.4. The van der Waals surface area contributed by atoms with Crippen LogP contribution in [0.2, 0.25) is 0 Å². The van der Waals surface area contributed by atoms with Crippen LogP contribution in [0.25, 0.3) is 0 Å². The summed E-state index contributed by atoms with van der Waals surface area (Å²) >= 11 is 0. The molecule has 3 nitrogen and oxygen atoms in total. The fourth-order valence-corrected chi connectivity index (χ4v) is 4.72. The van der Waals surface area contributed by atoms with Gasteiger partial charge in [-0.2, -0.15) is 0 Å². The molecule has 146 valence electrons. The molecule has 3 heteroatoms. The second-order valence-corrected chi connectivity index (χ2v) is 7.87. The van der Waals surface area contributed by atoms with Crippen LogP contribution in [0.1, 0.15) is 42.4 Å². The average Bonchev–Trinajstić information content (AvgIpc) is 3.27. The molecule has 1 unspecified atom stereocenters. The predicted octanol–water partition coefficient (Wildman–Crippen LogP) is 5.34. The van der Waals surface area contributed by atoms with Crippen LogP contribution in [0, 0.1) is 0 Å². The van der Waals surface area contributed by atoms with Gasteiger partial charge in [-0.15, -0.1) is 0 Å². The SMILES string of the molecule is O=C(OC1CCCC1)C1(c2ccccc2)OC1(c1ccccc1)c1ccccc1. The monoisotopic (exact) mass is 384 g/mol. The normalized spacial score (nSPS) is 22.9. The highest BCUT2D eigenvalue weighted by molar-refractivity contribution is 5.89. The summed E-state index contributed by atoms with van der Waals surface area (Å²) < 4.78 is 12.6. The van der Waals surface area contributed by atoms with Gasteiger partial charge in [0.15, 0.2) is 5.60 Å². The minimum absolute atomic E-state index is 0.0171. The lowest BCUT2D eigenvalue weighted by molar-refractivity contribution is -0.155. The van der Waals surface area contributed by atoms with Gasteiger partial charge in [0, 0.05) is 0 Å². The summed E-state index contributed by atoms with van der Waals surface area (Å²) in [7, 11) is 0. The number of ether oxygens (including phenoxy) is 2. The van der Waals surface area contributed by atoms with Gasteiger partial charge in [0.25, 0.3) is 0 Å². The molecule has 1 atom stereocenters. The fraction of sp³-hybridized carbons (Fsp3) is 0.269. The second-order valence-electron chi connectivity index (χ2n) is 7.87. The van der Waals surface area contributed by atoms with Gasteiger partial charge in [-0.3, -0.25) is 0 Å². The van der Waals surface area contributed by atoms with Crippen molar-refractivity contribution in [1.29, 1.82) is 0 Å². The van der Waals surface area contributed by atoms with Gasteiger partial charge in [-0.1, -0.05) is 91.0 Å². The lowest BCUT2D eigenvalue weighted by atomic mass is 9.77. The standard InChI is InChI=1S/C26H24O3/c27-24(28-23-18-10-11-19-23)26(22-16-8-3-9-17-22)25(29-26,20-12-4-1-5-13-20)21-14-6-2-7-15-21/h1-9,12-17,23H,10-11,18-19H2. The van der Waals surface area contributed by atoms with Crippen molar-refractivity contribution in [3.8, 4) is 0 Å². The average molecular weight is 384 g/mol. The molecule has 1 aliphatic carbocycles. The fourth-order valence-electron chi connectivity index (χ4n) is 4.72. The van der Waals surface area contributed by atoms with Crippen LogP contribution >= 0.6 is 0 Å². The van der Waals surface area contributed by atoms with Gasteiger partial charge in [0.05, 0.1) is 0 Å². The van der Waals surface area contributed by atoms with E-state index in [9.17, 15) is 4.79 Å². The molecule has 29 heavy (non-hydrogen) atoms. The minimum atomic E-state index is -1.18. The van der Waals surface area contributed by atoms with E-state index in [2.05, 4.69) is 0 Å². The quantitative estimate of drug-likeness (QED) is 0.440. The Kier molecular flexibility index (Phi) is 4.48. The molecule has 2 aliphatic rings. The number of carbonyl (C=O) groups is 1. The minimum Gasteiger partial charge on any atom is -0.460 e. The van der Waals surface area contributed by atoms with Crippen molar-refractivity contribution in [3.05, 3.63) is 108 Å². The Hall–Kier alpha value is -2.91. The largest absolute Gasteiger partial charge is 0.460 e. The molecular weight excluding hydrogens is 360 g/mol. The van der Waals surface area contributed by atoms with E-state index in [1.165, 1.54) is 0 Å². The van der Waals surface area contributed by atoms with Crippen molar-refractivity contribution in [2.24, 2.45) is 0 Å². The zero-order valence-electron chi connectivity index (χ0n) is 16.3. The van der Waals surface area contributed by atoms with Crippen LogP contribution < -0.4 is 0 Å². The Morgan fingerprint density at radius 3 is 1.66 bits per heavy atom. The number of epoxide rings is 1. The van der Waals surface area contributed by atoms with Gasteiger partial charge in [0.1, 0.15) is 6.10 Å². The number of esters is 1. The van der Waals surface area contributed by atoms with E-state index >= 15 is 0 Å². The van der Waals surface area contributed by atoms with Crippen LogP contribution in [-0.4, -0.2) is 12.1 Å². The molecule has 3 aromatic carbocycles. The third kappa shape index (κ3) is 2.80. The lowest BCUT2D eigenvalue weighted by Gasteiger charge is -2.22. The van der Waals surface area contributed by atoms with E-state index in [0.29, 0.717) is 0 Å². The van der Waals surface area contributed by atoms with Crippen molar-refractivity contribution in [2.45, 2.75) is 43.0 Å². The van der Waals surface area contributed by atoms with Crippen LogP contribution in [0.4, 0.5) is 0 Å². The first-order chi connectivity index (χ1) is 14.3. The summed E-state index contributed by atoms with van der Waals surface area (Å²) in [5, 5.41) is 0. The number of carbonyl (C=O) groups excluding carboxylic acids is 1. The zero-order valence-corrected chi connectivity index (χ0v) is 16.3. The highest BCUT2D eigenvalue weighted by Gasteiger charge is 2.78. The molecule has 1 aliphatic heterocycles. The van der Waals surface area contributed by atoms with E-state index in [1.54, 1.807) is 0 Å². The predicted molar refractivity (Wildman–Crippen MR) is 111 cm³/mol. The third-order valence-electron chi connectivity index (χ3n) is 6.16. The molecule has 3 aromatic rings. The molecule has 5 rings (SSSR count).